The van der Waals surface area contributed by atoms with E-state index in [-0.39, 0.29) is 11.0 Å². The lowest BCUT2D eigenvalue weighted by Gasteiger charge is -2.34. The van der Waals surface area contributed by atoms with Gasteiger partial charge in [0.2, 0.25) is 0 Å². The molecule has 1 aromatic carbocycles. The molecular formula is C15H21BrN2. The number of nitrogens with zero attached hydrogens (tertiary/aromatic N) is 1. The van der Waals surface area contributed by atoms with Gasteiger partial charge in [-0.2, -0.15) is 5.26 Å². The highest BCUT2D eigenvalue weighted by molar-refractivity contribution is 9.10. The highest BCUT2D eigenvalue weighted by atomic mass is 79.9. The molecule has 0 heterocycles. The van der Waals surface area contributed by atoms with Crippen LogP contribution >= 0.6 is 15.9 Å². The molecule has 0 atom stereocenters. The van der Waals surface area contributed by atoms with E-state index in [0.29, 0.717) is 5.56 Å². The Kier molecular flexibility index (Phi) is 4.45. The average molecular weight is 309 g/mol. The Morgan fingerprint density at radius 1 is 1.22 bits per heavy atom. The van der Waals surface area contributed by atoms with Gasteiger partial charge in [0, 0.05) is 15.7 Å². The van der Waals surface area contributed by atoms with Crippen molar-refractivity contribution in [2.24, 2.45) is 5.41 Å². The van der Waals surface area contributed by atoms with Crippen LogP contribution in [0.1, 0.15) is 46.6 Å². The maximum atomic E-state index is 8.89. The van der Waals surface area contributed by atoms with Crippen molar-refractivity contribution in [2.45, 2.75) is 46.6 Å². The van der Waals surface area contributed by atoms with Gasteiger partial charge in [0.05, 0.1) is 5.56 Å². The van der Waals surface area contributed by atoms with Crippen LogP contribution in [0.5, 0.6) is 0 Å². The number of hydrogen-bond donors (Lipinski definition) is 1. The third-order valence-corrected chi connectivity index (χ3v) is 3.20. The molecule has 2 nitrogen and oxygen atoms in total. The van der Waals surface area contributed by atoms with E-state index >= 15 is 0 Å². The Hall–Kier alpha value is -1.01. The fourth-order valence-electron chi connectivity index (χ4n) is 2.44. The summed E-state index contributed by atoms with van der Waals surface area (Å²) in [5, 5.41) is 12.4. The molecule has 0 spiro atoms. The normalized spacial score (nSPS) is 12.1. The third-order valence-electron chi connectivity index (χ3n) is 2.54. The minimum absolute atomic E-state index is 0.0197. The van der Waals surface area contributed by atoms with E-state index in [9.17, 15) is 0 Å². The topological polar surface area (TPSA) is 35.8 Å². The number of nitriles is 1. The minimum Gasteiger partial charge on any atom is -0.380 e. The maximum Gasteiger partial charge on any atom is 0.100 e. The van der Waals surface area contributed by atoms with Gasteiger partial charge < -0.3 is 5.32 Å². The highest BCUT2D eigenvalue weighted by Gasteiger charge is 2.25. The molecule has 0 amide bonds. The largest absolute Gasteiger partial charge is 0.380 e. The first-order valence-electron chi connectivity index (χ1n) is 6.11. The summed E-state index contributed by atoms with van der Waals surface area (Å²) in [5.41, 5.74) is 2.00. The molecule has 0 fully saturated rings. The predicted molar refractivity (Wildman–Crippen MR) is 80.6 cm³/mol. The van der Waals surface area contributed by atoms with Crippen molar-refractivity contribution in [3.63, 3.8) is 0 Å². The zero-order valence-corrected chi connectivity index (χ0v) is 13.4. The van der Waals surface area contributed by atoms with E-state index in [1.807, 2.05) is 18.2 Å². The minimum atomic E-state index is 0.0197. The van der Waals surface area contributed by atoms with E-state index in [4.69, 9.17) is 5.26 Å². The fraction of sp³-hybridized carbons (Fsp3) is 0.533. The molecule has 18 heavy (non-hydrogen) atoms. The molecule has 0 saturated carbocycles. The molecule has 0 unspecified atom stereocenters. The standard InChI is InChI=1S/C15H21BrN2/c1-14(2,3)10-15(4,5)18-12-7-6-11(9-17)13(16)8-12/h6-8,18H,10H2,1-5H3. The summed E-state index contributed by atoms with van der Waals surface area (Å²) in [6.45, 7) is 11.1. The van der Waals surface area contributed by atoms with Crippen molar-refractivity contribution in [1.82, 2.24) is 0 Å². The number of nitrogens with one attached hydrogen (secondary N) is 1. The van der Waals surface area contributed by atoms with Gasteiger partial charge in [0.15, 0.2) is 0 Å². The van der Waals surface area contributed by atoms with Gasteiger partial charge in [-0.3, -0.25) is 0 Å². The van der Waals surface area contributed by atoms with E-state index in [0.717, 1.165) is 16.6 Å². The third kappa shape index (κ3) is 4.70. The summed E-state index contributed by atoms with van der Waals surface area (Å²) >= 11 is 3.41. The molecule has 0 aliphatic heterocycles. The van der Waals surface area contributed by atoms with Crippen molar-refractivity contribution in [1.29, 1.82) is 5.26 Å². The molecule has 0 aromatic heterocycles. The summed E-state index contributed by atoms with van der Waals surface area (Å²) in [6, 6.07) is 7.90. The van der Waals surface area contributed by atoms with Crippen LogP contribution < -0.4 is 5.32 Å². The van der Waals surface area contributed by atoms with Crippen LogP contribution in [0.25, 0.3) is 0 Å². The van der Waals surface area contributed by atoms with Gasteiger partial charge in [0.1, 0.15) is 6.07 Å². The zero-order chi connectivity index (χ0) is 14.0. The lowest BCUT2D eigenvalue weighted by Crippen LogP contribution is -2.35. The zero-order valence-electron chi connectivity index (χ0n) is 11.8. The van der Waals surface area contributed by atoms with Crippen molar-refractivity contribution < 1.29 is 0 Å². The summed E-state index contributed by atoms with van der Waals surface area (Å²) in [7, 11) is 0. The van der Waals surface area contributed by atoms with Gasteiger partial charge in [-0.05, 0) is 59.8 Å². The highest BCUT2D eigenvalue weighted by Crippen LogP contribution is 2.30. The van der Waals surface area contributed by atoms with Crippen LogP contribution in [0.4, 0.5) is 5.69 Å². The van der Waals surface area contributed by atoms with Crippen LogP contribution in [-0.4, -0.2) is 5.54 Å². The first-order chi connectivity index (χ1) is 8.13. The second-order valence-corrected chi connectivity index (χ2v) is 7.41. The number of hydrogen-bond acceptors (Lipinski definition) is 2. The van der Waals surface area contributed by atoms with Crippen LogP contribution in [-0.2, 0) is 0 Å². The Bertz CT molecular complexity index is 464. The molecule has 1 aromatic rings. The molecule has 0 radical (unpaired) electrons. The molecule has 0 saturated heterocycles. The van der Waals surface area contributed by atoms with Crippen molar-refractivity contribution in [3.8, 4) is 6.07 Å². The molecule has 0 aliphatic carbocycles. The SMILES string of the molecule is CC(C)(C)CC(C)(C)Nc1ccc(C#N)c(Br)c1. The summed E-state index contributed by atoms with van der Waals surface area (Å²) in [6.07, 6.45) is 1.07. The number of rotatable bonds is 3. The molecule has 0 aliphatic rings. The predicted octanol–water partition coefficient (Wildman–Crippen LogP) is 4.95. The average Bonchev–Trinajstić information content (AvgIpc) is 2.12. The molecule has 98 valence electrons. The number of halogens is 1. The fourth-order valence-corrected chi connectivity index (χ4v) is 2.91. The van der Waals surface area contributed by atoms with Crippen LogP contribution in [0, 0.1) is 16.7 Å². The Morgan fingerprint density at radius 3 is 2.28 bits per heavy atom. The van der Waals surface area contributed by atoms with Gasteiger partial charge in [-0.25, -0.2) is 0 Å². The summed E-state index contributed by atoms with van der Waals surface area (Å²) in [5.74, 6) is 0. The Morgan fingerprint density at radius 2 is 1.83 bits per heavy atom. The molecule has 0 bridgehead atoms. The molecule has 1 rings (SSSR count). The van der Waals surface area contributed by atoms with Crippen molar-refractivity contribution in [3.05, 3.63) is 28.2 Å². The van der Waals surface area contributed by atoms with Crippen molar-refractivity contribution >= 4 is 21.6 Å². The van der Waals surface area contributed by atoms with E-state index < -0.39 is 0 Å². The molecule has 3 heteroatoms. The van der Waals surface area contributed by atoms with Crippen molar-refractivity contribution in [2.75, 3.05) is 5.32 Å². The van der Waals surface area contributed by atoms with Crippen LogP contribution in [0.3, 0.4) is 0 Å². The van der Waals surface area contributed by atoms with Gasteiger partial charge in [-0.15, -0.1) is 0 Å². The first kappa shape index (κ1) is 15.0. The lowest BCUT2D eigenvalue weighted by atomic mass is 9.81. The Labute approximate surface area is 119 Å². The molecular weight excluding hydrogens is 288 g/mol. The van der Waals surface area contributed by atoms with Gasteiger partial charge >= 0.3 is 0 Å². The Balaban J connectivity index is 2.85. The van der Waals surface area contributed by atoms with E-state index in [2.05, 4.69) is 61.9 Å². The summed E-state index contributed by atoms with van der Waals surface area (Å²) in [4.78, 5) is 0. The smallest absolute Gasteiger partial charge is 0.100 e. The van der Waals surface area contributed by atoms with Gasteiger partial charge in [0.25, 0.3) is 0 Å². The van der Waals surface area contributed by atoms with Crippen LogP contribution in [0.15, 0.2) is 22.7 Å². The summed E-state index contributed by atoms with van der Waals surface area (Å²) < 4.78 is 0.835. The second kappa shape index (κ2) is 5.32. The quantitative estimate of drug-likeness (QED) is 0.857. The van der Waals surface area contributed by atoms with Gasteiger partial charge in [-0.1, -0.05) is 20.8 Å². The monoisotopic (exact) mass is 308 g/mol. The maximum absolute atomic E-state index is 8.89. The van der Waals surface area contributed by atoms with Crippen LogP contribution in [0.2, 0.25) is 0 Å². The number of anilines is 1. The van der Waals surface area contributed by atoms with E-state index in [1.54, 1.807) is 0 Å². The molecule has 1 N–H and O–H groups in total. The second-order valence-electron chi connectivity index (χ2n) is 6.55. The van der Waals surface area contributed by atoms with E-state index in [1.165, 1.54) is 0 Å². The number of benzene rings is 1. The lowest BCUT2D eigenvalue weighted by molar-refractivity contribution is 0.302. The first-order valence-corrected chi connectivity index (χ1v) is 6.90.